The van der Waals surface area contributed by atoms with E-state index in [4.69, 9.17) is 0 Å². The summed E-state index contributed by atoms with van der Waals surface area (Å²) in [6.07, 6.45) is 2.38. The smallest absolute Gasteiger partial charge is 0.238 e. The fourth-order valence-corrected chi connectivity index (χ4v) is 2.72. The highest BCUT2D eigenvalue weighted by Gasteiger charge is 2.28. The molecule has 4 heteroatoms. The van der Waals surface area contributed by atoms with Crippen LogP contribution in [0.4, 0.5) is 5.69 Å². The number of hydrogen-bond donors (Lipinski definition) is 2. The Bertz CT molecular complexity index is 479. The summed E-state index contributed by atoms with van der Waals surface area (Å²) >= 11 is 0. The molecule has 2 N–H and O–H groups in total. The number of para-hydroxylation sites is 1. The van der Waals surface area contributed by atoms with Crippen LogP contribution in [0, 0.1) is 12.3 Å². The second-order valence-corrected chi connectivity index (χ2v) is 6.58. The van der Waals surface area contributed by atoms with Crippen molar-refractivity contribution in [3.8, 4) is 0 Å². The van der Waals surface area contributed by atoms with E-state index < -0.39 is 0 Å². The third kappa shape index (κ3) is 4.83. The summed E-state index contributed by atoms with van der Waals surface area (Å²) in [5.74, 6) is 0.0285. The Balaban J connectivity index is 1.73. The summed E-state index contributed by atoms with van der Waals surface area (Å²) in [6.45, 7) is 7.89. The molecule has 0 saturated carbocycles. The number of carbonyl (C=O) groups excluding carboxylic acids is 1. The molecule has 1 amide bonds. The van der Waals surface area contributed by atoms with Crippen molar-refractivity contribution in [3.05, 3.63) is 29.8 Å². The number of amides is 1. The van der Waals surface area contributed by atoms with Crippen LogP contribution in [0.1, 0.15) is 25.3 Å². The third-order valence-electron chi connectivity index (χ3n) is 4.45. The molecule has 2 rings (SSSR count). The van der Waals surface area contributed by atoms with Crippen LogP contribution in [-0.4, -0.2) is 44.0 Å². The first-order valence-corrected chi connectivity index (χ1v) is 7.73. The normalized spacial score (nSPS) is 18.4. The van der Waals surface area contributed by atoms with Crippen molar-refractivity contribution >= 4 is 11.6 Å². The molecule has 0 unspecified atom stereocenters. The van der Waals surface area contributed by atoms with Crippen molar-refractivity contribution in [2.24, 2.45) is 5.41 Å². The van der Waals surface area contributed by atoms with Crippen LogP contribution in [-0.2, 0) is 4.79 Å². The number of carbonyl (C=O) groups is 1. The van der Waals surface area contributed by atoms with E-state index in [9.17, 15) is 4.79 Å². The van der Waals surface area contributed by atoms with Crippen molar-refractivity contribution in [1.29, 1.82) is 0 Å². The molecular weight excluding hydrogens is 262 g/mol. The van der Waals surface area contributed by atoms with Crippen LogP contribution >= 0.6 is 0 Å². The Hall–Kier alpha value is -1.39. The maximum atomic E-state index is 12.0. The number of likely N-dealkylation sites (tertiary alicyclic amines) is 1. The van der Waals surface area contributed by atoms with Crippen molar-refractivity contribution in [2.75, 3.05) is 38.5 Å². The van der Waals surface area contributed by atoms with E-state index in [1.54, 1.807) is 0 Å². The Kier molecular flexibility index (Phi) is 5.37. The summed E-state index contributed by atoms with van der Waals surface area (Å²) in [5, 5.41) is 6.28. The standard InChI is InChI=1S/C17H27N3O/c1-14-6-4-5-7-15(14)19-16(21)12-18-13-17(2)8-10-20(3)11-9-17/h4-7,18H,8-13H2,1-3H3,(H,19,21). The molecule has 1 saturated heterocycles. The Labute approximate surface area is 127 Å². The quantitative estimate of drug-likeness (QED) is 0.874. The first kappa shape index (κ1) is 16.0. The molecule has 1 aromatic rings. The third-order valence-corrected chi connectivity index (χ3v) is 4.45. The maximum Gasteiger partial charge on any atom is 0.238 e. The first-order chi connectivity index (χ1) is 9.98. The highest BCUT2D eigenvalue weighted by molar-refractivity contribution is 5.92. The molecule has 1 aromatic carbocycles. The monoisotopic (exact) mass is 289 g/mol. The Morgan fingerprint density at radius 2 is 1.95 bits per heavy atom. The number of anilines is 1. The van der Waals surface area contributed by atoms with Crippen molar-refractivity contribution in [3.63, 3.8) is 0 Å². The summed E-state index contributed by atoms with van der Waals surface area (Å²) in [4.78, 5) is 14.3. The van der Waals surface area contributed by atoms with Crippen molar-refractivity contribution in [1.82, 2.24) is 10.2 Å². The predicted molar refractivity (Wildman–Crippen MR) is 87.5 cm³/mol. The number of benzene rings is 1. The Morgan fingerprint density at radius 1 is 1.29 bits per heavy atom. The molecule has 0 aliphatic carbocycles. The maximum absolute atomic E-state index is 12.0. The van der Waals surface area contributed by atoms with Gasteiger partial charge in [-0.05, 0) is 56.9 Å². The minimum Gasteiger partial charge on any atom is -0.325 e. The molecule has 1 aliphatic rings. The van der Waals surface area contributed by atoms with Crippen LogP contribution in [0.5, 0.6) is 0 Å². The lowest BCUT2D eigenvalue weighted by atomic mass is 9.80. The average molecular weight is 289 g/mol. The van der Waals surface area contributed by atoms with Gasteiger partial charge in [0.25, 0.3) is 0 Å². The van der Waals surface area contributed by atoms with Gasteiger partial charge in [-0.1, -0.05) is 25.1 Å². The van der Waals surface area contributed by atoms with Crippen LogP contribution in [0.15, 0.2) is 24.3 Å². The second-order valence-electron chi connectivity index (χ2n) is 6.58. The van der Waals surface area contributed by atoms with Gasteiger partial charge in [-0.2, -0.15) is 0 Å². The highest BCUT2D eigenvalue weighted by atomic mass is 16.1. The number of rotatable bonds is 5. The minimum atomic E-state index is 0.0285. The molecule has 1 heterocycles. The Morgan fingerprint density at radius 3 is 2.62 bits per heavy atom. The van der Waals surface area contributed by atoms with E-state index in [0.717, 1.165) is 30.9 Å². The zero-order valence-corrected chi connectivity index (χ0v) is 13.4. The van der Waals surface area contributed by atoms with Crippen LogP contribution in [0.3, 0.4) is 0 Å². The van der Waals surface area contributed by atoms with Gasteiger partial charge in [-0.15, -0.1) is 0 Å². The minimum absolute atomic E-state index is 0.0285. The first-order valence-electron chi connectivity index (χ1n) is 7.73. The van der Waals surface area contributed by atoms with Crippen molar-refractivity contribution in [2.45, 2.75) is 26.7 Å². The number of aryl methyl sites for hydroxylation is 1. The lowest BCUT2D eigenvalue weighted by molar-refractivity contribution is -0.115. The fraction of sp³-hybridized carbons (Fsp3) is 0.588. The van der Waals surface area contributed by atoms with Crippen molar-refractivity contribution < 1.29 is 4.79 Å². The summed E-state index contributed by atoms with van der Waals surface area (Å²) in [7, 11) is 2.17. The number of nitrogens with one attached hydrogen (secondary N) is 2. The van der Waals surface area contributed by atoms with Gasteiger partial charge < -0.3 is 15.5 Å². The molecule has 0 atom stereocenters. The van der Waals surface area contributed by atoms with E-state index in [-0.39, 0.29) is 5.91 Å². The van der Waals surface area contributed by atoms with E-state index in [1.807, 2.05) is 31.2 Å². The van der Waals surface area contributed by atoms with Gasteiger partial charge in [0.2, 0.25) is 5.91 Å². The largest absolute Gasteiger partial charge is 0.325 e. The SMILES string of the molecule is Cc1ccccc1NC(=O)CNCC1(C)CCN(C)CC1. The van der Waals surface area contributed by atoms with E-state index in [1.165, 1.54) is 12.8 Å². The van der Waals surface area contributed by atoms with Gasteiger partial charge in [0.05, 0.1) is 6.54 Å². The highest BCUT2D eigenvalue weighted by Crippen LogP contribution is 2.29. The van der Waals surface area contributed by atoms with Gasteiger partial charge in [-0.25, -0.2) is 0 Å². The number of piperidine rings is 1. The summed E-state index contributed by atoms with van der Waals surface area (Å²) < 4.78 is 0. The summed E-state index contributed by atoms with van der Waals surface area (Å²) in [6, 6.07) is 7.86. The van der Waals surface area contributed by atoms with E-state index in [2.05, 4.69) is 29.5 Å². The predicted octanol–water partition coefficient (Wildman–Crippen LogP) is 2.26. The lowest BCUT2D eigenvalue weighted by Gasteiger charge is -2.38. The van der Waals surface area contributed by atoms with E-state index >= 15 is 0 Å². The number of nitrogens with zero attached hydrogens (tertiary/aromatic N) is 1. The topological polar surface area (TPSA) is 44.4 Å². The molecule has 0 aromatic heterocycles. The van der Waals surface area contributed by atoms with Crippen LogP contribution in [0.25, 0.3) is 0 Å². The molecule has 0 bridgehead atoms. The molecule has 1 fully saturated rings. The lowest BCUT2D eigenvalue weighted by Crippen LogP contribution is -2.43. The zero-order chi connectivity index (χ0) is 15.3. The molecule has 1 aliphatic heterocycles. The average Bonchev–Trinajstić information content (AvgIpc) is 2.45. The number of hydrogen-bond acceptors (Lipinski definition) is 3. The van der Waals surface area contributed by atoms with E-state index in [0.29, 0.717) is 12.0 Å². The second kappa shape index (κ2) is 7.05. The van der Waals surface area contributed by atoms with Gasteiger partial charge >= 0.3 is 0 Å². The molecule has 0 spiro atoms. The van der Waals surface area contributed by atoms with Gasteiger partial charge in [0.15, 0.2) is 0 Å². The fourth-order valence-electron chi connectivity index (χ4n) is 2.72. The molecule has 21 heavy (non-hydrogen) atoms. The summed E-state index contributed by atoms with van der Waals surface area (Å²) in [5.41, 5.74) is 2.30. The molecule has 116 valence electrons. The van der Waals surface area contributed by atoms with Gasteiger partial charge in [0, 0.05) is 12.2 Å². The van der Waals surface area contributed by atoms with Crippen LogP contribution in [0.2, 0.25) is 0 Å². The van der Waals surface area contributed by atoms with Gasteiger partial charge in [-0.3, -0.25) is 4.79 Å². The molecular formula is C17H27N3O. The molecule has 4 nitrogen and oxygen atoms in total. The van der Waals surface area contributed by atoms with Crippen LogP contribution < -0.4 is 10.6 Å². The zero-order valence-electron chi connectivity index (χ0n) is 13.4. The molecule has 0 radical (unpaired) electrons. The van der Waals surface area contributed by atoms with Gasteiger partial charge in [0.1, 0.15) is 0 Å².